The van der Waals surface area contributed by atoms with E-state index in [0.717, 1.165) is 0 Å². The summed E-state index contributed by atoms with van der Waals surface area (Å²) >= 11 is 0. The lowest BCUT2D eigenvalue weighted by molar-refractivity contribution is -0.303. The number of hydrogen-bond acceptors (Lipinski definition) is 20. The van der Waals surface area contributed by atoms with Gasteiger partial charge in [0.25, 0.3) is 0 Å². The fourth-order valence-electron chi connectivity index (χ4n) is 9.04. The van der Waals surface area contributed by atoms with E-state index in [1.807, 2.05) is 0 Å². The van der Waals surface area contributed by atoms with Crippen molar-refractivity contribution in [3.8, 4) is 0 Å². The highest BCUT2D eigenvalue weighted by molar-refractivity contribution is 6.76. The van der Waals surface area contributed by atoms with E-state index in [1.54, 1.807) is 146 Å². The fraction of sp³-hybridized carbons (Fsp3) is 0.338. The maximum Gasteiger partial charge on any atom is 0.338 e. The Morgan fingerprint density at radius 1 is 0.349 bits per heavy atom. The first-order valence-electron chi connectivity index (χ1n) is 28.0. The minimum atomic E-state index is -1.74. The summed E-state index contributed by atoms with van der Waals surface area (Å²) in [7, 11) is -1.74. The second kappa shape index (κ2) is 31.6. The maximum atomic E-state index is 14.1. The van der Waals surface area contributed by atoms with Crippen LogP contribution in [0.25, 0.3) is 0 Å². The molecule has 2 heterocycles. The smallest absolute Gasteiger partial charge is 0.338 e. The van der Waals surface area contributed by atoms with Gasteiger partial charge in [-0.05, 0) is 78.8 Å². The van der Waals surface area contributed by atoms with Crippen LogP contribution in [0.2, 0.25) is 25.7 Å². The van der Waals surface area contributed by atoms with Crippen LogP contribution >= 0.6 is 0 Å². The average Bonchev–Trinajstić information content (AvgIpc) is 1.10. The van der Waals surface area contributed by atoms with Crippen LogP contribution < -0.4 is 0 Å². The molecule has 8 rings (SSSR count). The number of esters is 7. The number of hydrogen-bond donors (Lipinski definition) is 0. The summed E-state index contributed by atoms with van der Waals surface area (Å²) < 4.78 is 80.2. The van der Waals surface area contributed by atoms with Crippen LogP contribution in [-0.2, 0) is 66.4 Å². The molecule has 6 aromatic rings. The van der Waals surface area contributed by atoms with E-state index in [4.69, 9.17) is 61.6 Å². The van der Waals surface area contributed by atoms with E-state index in [1.165, 1.54) is 43.3 Å². The molecule has 10 atom stereocenters. The Balaban J connectivity index is 1.07. The molecule has 0 spiro atoms. The highest BCUT2D eigenvalue weighted by Crippen LogP contribution is 2.34. The number of rotatable bonds is 27. The van der Waals surface area contributed by atoms with Gasteiger partial charge in [0.2, 0.25) is 0 Å². The molecule has 2 aliphatic rings. The summed E-state index contributed by atoms with van der Waals surface area (Å²) in [4.78, 5) is 96.0. The zero-order chi connectivity index (χ0) is 60.8. The summed E-state index contributed by atoms with van der Waals surface area (Å²) in [5, 5.41) is 0. The van der Waals surface area contributed by atoms with E-state index in [9.17, 15) is 33.6 Å². The molecule has 2 saturated heterocycles. The van der Waals surface area contributed by atoms with Crippen LogP contribution in [0.15, 0.2) is 182 Å². The molecular formula is C65H68O20Si. The van der Waals surface area contributed by atoms with Gasteiger partial charge in [-0.3, -0.25) is 4.79 Å². The zero-order valence-electron chi connectivity index (χ0n) is 47.9. The lowest BCUT2D eigenvalue weighted by atomic mass is 9.97. The van der Waals surface area contributed by atoms with Crippen LogP contribution in [0, 0.1) is 0 Å². The van der Waals surface area contributed by atoms with Crippen molar-refractivity contribution >= 4 is 49.9 Å². The van der Waals surface area contributed by atoms with Crippen molar-refractivity contribution in [1.29, 1.82) is 0 Å². The van der Waals surface area contributed by atoms with Crippen molar-refractivity contribution in [2.24, 2.45) is 0 Å². The minimum Gasteiger partial charge on any atom is -0.463 e. The molecule has 0 aliphatic carbocycles. The van der Waals surface area contributed by atoms with E-state index in [0.29, 0.717) is 6.04 Å². The van der Waals surface area contributed by atoms with Crippen LogP contribution in [0.4, 0.5) is 0 Å². The first-order valence-corrected chi connectivity index (χ1v) is 31.7. The normalized spacial score (nSPS) is 21.8. The average molecular weight is 1200 g/mol. The van der Waals surface area contributed by atoms with Gasteiger partial charge in [-0.2, -0.15) is 0 Å². The molecule has 6 aromatic carbocycles. The van der Waals surface area contributed by atoms with Gasteiger partial charge in [-0.15, -0.1) is 0 Å². The molecular weight excluding hydrogens is 1130 g/mol. The van der Waals surface area contributed by atoms with Gasteiger partial charge in [0.1, 0.15) is 18.8 Å². The first kappa shape index (κ1) is 63.6. The largest absolute Gasteiger partial charge is 0.463 e. The summed E-state index contributed by atoms with van der Waals surface area (Å²) in [6.45, 7) is 6.21. The lowest BCUT2D eigenvalue weighted by Crippen LogP contribution is -2.63. The van der Waals surface area contributed by atoms with Crippen molar-refractivity contribution < 1.29 is 95.1 Å². The predicted molar refractivity (Wildman–Crippen MR) is 310 cm³/mol. The van der Waals surface area contributed by atoms with E-state index < -0.39 is 118 Å². The second-order valence-corrected chi connectivity index (χ2v) is 26.7. The Morgan fingerprint density at radius 2 is 0.616 bits per heavy atom. The van der Waals surface area contributed by atoms with Crippen LogP contribution in [0.1, 0.15) is 69.1 Å². The topological polar surface area (TPSA) is 239 Å². The summed E-state index contributed by atoms with van der Waals surface area (Å²) in [5.74, 6) is -5.59. The Hall–Kier alpha value is -8.41. The fourth-order valence-corrected chi connectivity index (χ4v) is 9.77. The standard InChI is InChI=1S/C65H68O20Si/c1-43(66)75-37-38-76-64-56(84-62(71)48-31-19-9-20-32-48)54(82-60(69)46-27-15-7-16-28-46)52(80-58(67)44-23-11-5-12-24-44)50(78-64)41-73-35-36-74-42-51-53(81-59(68)45-25-13-6-14-26-45)55(83-61(70)47-29-17-8-18-30-47)57(65(79-51)77-39-40-86(2,3)4)85-63(72)49-33-21-10-22-34-49/h5-34,50-57,64-65H,35-42H2,1-4H3/t50-,51+,52+,53-,54+,55-,56-,57+,64-,65+/m1/s1. The monoisotopic (exact) mass is 1200 g/mol. The highest BCUT2D eigenvalue weighted by Gasteiger charge is 2.55. The van der Waals surface area contributed by atoms with Crippen molar-refractivity contribution in [3.63, 3.8) is 0 Å². The Bertz CT molecular complexity index is 3130. The van der Waals surface area contributed by atoms with Crippen molar-refractivity contribution in [1.82, 2.24) is 0 Å². The van der Waals surface area contributed by atoms with E-state index in [2.05, 4.69) is 19.6 Å². The third-order valence-electron chi connectivity index (χ3n) is 13.4. The molecule has 2 aliphatic heterocycles. The summed E-state index contributed by atoms with van der Waals surface area (Å²) in [6, 6.07) is 49.0. The Kier molecular flexibility index (Phi) is 23.4. The van der Waals surface area contributed by atoms with Gasteiger partial charge < -0.3 is 61.6 Å². The molecule has 0 radical (unpaired) electrons. The lowest BCUT2D eigenvalue weighted by Gasteiger charge is -2.44. The van der Waals surface area contributed by atoms with Gasteiger partial charge in [-0.25, -0.2) is 28.8 Å². The molecule has 0 saturated carbocycles. The van der Waals surface area contributed by atoms with Gasteiger partial charge >= 0.3 is 41.8 Å². The Morgan fingerprint density at radius 3 is 0.895 bits per heavy atom. The number of ether oxygens (including phenoxy) is 13. The molecule has 0 N–H and O–H groups in total. The molecule has 0 bridgehead atoms. The van der Waals surface area contributed by atoms with Gasteiger partial charge in [0.15, 0.2) is 49.2 Å². The van der Waals surface area contributed by atoms with Crippen LogP contribution in [0.5, 0.6) is 0 Å². The predicted octanol–water partition coefficient (Wildman–Crippen LogP) is 8.76. The van der Waals surface area contributed by atoms with E-state index in [-0.39, 0.29) is 73.0 Å². The molecule has 86 heavy (non-hydrogen) atoms. The van der Waals surface area contributed by atoms with Crippen LogP contribution in [-0.4, -0.2) is 158 Å². The first-order chi connectivity index (χ1) is 41.6. The molecule has 0 aromatic heterocycles. The zero-order valence-corrected chi connectivity index (χ0v) is 48.9. The quantitative estimate of drug-likeness (QED) is 0.0203. The minimum absolute atomic E-state index is 0.116. The molecule has 21 heteroatoms. The van der Waals surface area contributed by atoms with Crippen molar-refractivity contribution in [3.05, 3.63) is 215 Å². The summed E-state index contributed by atoms with van der Waals surface area (Å²) in [5.41, 5.74) is 0.872. The highest BCUT2D eigenvalue weighted by atomic mass is 28.3. The number of benzene rings is 6. The van der Waals surface area contributed by atoms with Crippen molar-refractivity contribution in [2.45, 2.75) is 94.0 Å². The molecule has 452 valence electrons. The SMILES string of the molecule is CC(=O)OCCO[C@@H]1O[C@H](COCCOC[C@@H]2O[C@H](OCC[Si](C)(C)C)[C@@H](OC(=O)c3ccccc3)[C@H](OC(=O)c3ccccc3)[C@@H]2OC(=O)c2ccccc2)[C@H](OC(=O)c2ccccc2)[C@H](OC(=O)c2ccccc2)[C@H]1OC(=O)c1ccccc1. The maximum absolute atomic E-state index is 14.1. The molecule has 2 fully saturated rings. The Labute approximate surface area is 498 Å². The third kappa shape index (κ3) is 18.5. The van der Waals surface area contributed by atoms with E-state index >= 15 is 0 Å². The molecule has 0 unspecified atom stereocenters. The van der Waals surface area contributed by atoms with Gasteiger partial charge in [0.05, 0.1) is 66.4 Å². The van der Waals surface area contributed by atoms with Crippen molar-refractivity contribution in [2.75, 3.05) is 46.2 Å². The van der Waals surface area contributed by atoms with Gasteiger partial charge in [0, 0.05) is 21.6 Å². The van der Waals surface area contributed by atoms with Gasteiger partial charge in [-0.1, -0.05) is 129 Å². The third-order valence-corrected chi connectivity index (χ3v) is 15.1. The number of carbonyl (C=O) groups is 7. The summed E-state index contributed by atoms with van der Waals surface area (Å²) in [6.07, 6.45) is -14.8. The van der Waals surface area contributed by atoms with Crippen LogP contribution in [0.3, 0.4) is 0 Å². The molecule has 0 amide bonds. The number of carbonyl (C=O) groups excluding carboxylic acids is 7. The molecule has 20 nitrogen and oxygen atoms in total. The second-order valence-electron chi connectivity index (χ2n) is 21.0.